The molecule has 2 heterocycles. The first kappa shape index (κ1) is 12.2. The van der Waals surface area contributed by atoms with Gasteiger partial charge in [-0.25, -0.2) is 4.98 Å². The highest BCUT2D eigenvalue weighted by molar-refractivity contribution is 5.10. The molecule has 1 aliphatic heterocycles. The van der Waals surface area contributed by atoms with E-state index < -0.39 is 0 Å². The summed E-state index contributed by atoms with van der Waals surface area (Å²) in [5, 5.41) is 3.72. The van der Waals surface area contributed by atoms with Crippen LogP contribution in [0.4, 0.5) is 0 Å². The molecule has 0 bridgehead atoms. The predicted molar refractivity (Wildman–Crippen MR) is 70.3 cm³/mol. The van der Waals surface area contributed by atoms with E-state index in [-0.39, 0.29) is 5.41 Å². The molecule has 0 amide bonds. The Hall–Kier alpha value is -0.870. The second kappa shape index (κ2) is 4.67. The summed E-state index contributed by atoms with van der Waals surface area (Å²) in [6.45, 7) is 6.62. The lowest BCUT2D eigenvalue weighted by Crippen LogP contribution is -2.69. The van der Waals surface area contributed by atoms with Gasteiger partial charge < -0.3 is 15.0 Å². The number of rotatable bonds is 4. The number of aromatic amines is 1. The monoisotopic (exact) mass is 249 g/mol. The number of nitrogens with one attached hydrogen (secondary N) is 2. The molecule has 0 spiro atoms. The molecule has 1 aliphatic carbocycles. The van der Waals surface area contributed by atoms with Gasteiger partial charge in [0.25, 0.3) is 0 Å². The first-order valence-corrected chi connectivity index (χ1v) is 7.02. The van der Waals surface area contributed by atoms with Gasteiger partial charge >= 0.3 is 0 Å². The fraction of sp³-hybridized carbons (Fsp3) is 0.786. The van der Waals surface area contributed by atoms with E-state index >= 15 is 0 Å². The van der Waals surface area contributed by atoms with Crippen LogP contribution in [0.3, 0.4) is 0 Å². The molecule has 0 aromatic carbocycles. The van der Waals surface area contributed by atoms with Crippen molar-refractivity contribution in [1.82, 2.24) is 15.3 Å². The van der Waals surface area contributed by atoms with Gasteiger partial charge in [0.1, 0.15) is 0 Å². The minimum atomic E-state index is 0.277. The molecule has 4 heteroatoms. The summed E-state index contributed by atoms with van der Waals surface area (Å²) in [5.74, 6) is 0.718. The summed E-state index contributed by atoms with van der Waals surface area (Å²) in [7, 11) is 0. The summed E-state index contributed by atoms with van der Waals surface area (Å²) in [6, 6.07) is 0.603. The van der Waals surface area contributed by atoms with Gasteiger partial charge in [0.2, 0.25) is 0 Å². The summed E-state index contributed by atoms with van der Waals surface area (Å²) >= 11 is 0. The Bertz CT molecular complexity index is 388. The minimum Gasteiger partial charge on any atom is -0.377 e. The highest BCUT2D eigenvalue weighted by atomic mass is 16.5. The Kier molecular flexibility index (Phi) is 3.16. The number of hydrogen-bond donors (Lipinski definition) is 2. The number of H-pyrrole nitrogens is 1. The van der Waals surface area contributed by atoms with Crippen molar-refractivity contribution in [3.63, 3.8) is 0 Å². The lowest BCUT2D eigenvalue weighted by atomic mass is 9.55. The van der Waals surface area contributed by atoms with Gasteiger partial charge in [-0.1, -0.05) is 13.8 Å². The van der Waals surface area contributed by atoms with Crippen molar-refractivity contribution in [1.29, 1.82) is 0 Å². The average Bonchev–Trinajstić information content (AvgIpc) is 2.87. The van der Waals surface area contributed by atoms with Crippen LogP contribution in [-0.4, -0.2) is 35.3 Å². The van der Waals surface area contributed by atoms with E-state index in [1.807, 2.05) is 6.20 Å². The van der Waals surface area contributed by atoms with Crippen molar-refractivity contribution in [2.45, 2.75) is 45.3 Å². The van der Waals surface area contributed by atoms with E-state index in [1.54, 1.807) is 6.33 Å². The highest BCUT2D eigenvalue weighted by Crippen LogP contribution is 2.51. The van der Waals surface area contributed by atoms with Gasteiger partial charge in [0.15, 0.2) is 0 Å². The molecule has 0 radical (unpaired) electrons. The van der Waals surface area contributed by atoms with Gasteiger partial charge in [-0.15, -0.1) is 0 Å². The third kappa shape index (κ3) is 1.97. The summed E-state index contributed by atoms with van der Waals surface area (Å²) in [5.41, 5.74) is 1.48. The summed E-state index contributed by atoms with van der Waals surface area (Å²) in [4.78, 5) is 7.19. The van der Waals surface area contributed by atoms with Crippen LogP contribution in [0, 0.1) is 11.3 Å². The first-order chi connectivity index (χ1) is 8.69. The van der Waals surface area contributed by atoms with E-state index in [4.69, 9.17) is 4.74 Å². The number of aromatic nitrogens is 2. The zero-order chi connectivity index (χ0) is 12.6. The van der Waals surface area contributed by atoms with Gasteiger partial charge in [0, 0.05) is 48.8 Å². The topological polar surface area (TPSA) is 49.9 Å². The molecule has 3 atom stereocenters. The second-order valence-electron chi connectivity index (χ2n) is 6.18. The zero-order valence-electron chi connectivity index (χ0n) is 11.3. The molecule has 3 rings (SSSR count). The Labute approximate surface area is 109 Å². The second-order valence-corrected chi connectivity index (χ2v) is 6.18. The SMILES string of the molecule is CC1(C)C(NCCc2cnc[nH]2)C2CCCOC21. The molecule has 2 N–H and O–H groups in total. The van der Waals surface area contributed by atoms with Crippen molar-refractivity contribution in [3.05, 3.63) is 18.2 Å². The van der Waals surface area contributed by atoms with Gasteiger partial charge in [-0.2, -0.15) is 0 Å². The molecule has 1 saturated heterocycles. The Morgan fingerprint density at radius 3 is 3.22 bits per heavy atom. The van der Waals surface area contributed by atoms with E-state index in [2.05, 4.69) is 29.1 Å². The molecule has 1 saturated carbocycles. The van der Waals surface area contributed by atoms with Crippen LogP contribution in [0.25, 0.3) is 0 Å². The van der Waals surface area contributed by atoms with Crippen LogP contribution in [0.2, 0.25) is 0 Å². The molecule has 1 aromatic rings. The Morgan fingerprint density at radius 1 is 1.56 bits per heavy atom. The molecule has 18 heavy (non-hydrogen) atoms. The summed E-state index contributed by atoms with van der Waals surface area (Å²) < 4.78 is 5.92. The fourth-order valence-corrected chi connectivity index (χ4v) is 3.72. The molecule has 3 unspecified atom stereocenters. The normalized spacial score (nSPS) is 33.8. The van der Waals surface area contributed by atoms with Crippen LogP contribution in [-0.2, 0) is 11.2 Å². The third-order valence-corrected chi connectivity index (χ3v) is 4.64. The van der Waals surface area contributed by atoms with Gasteiger partial charge in [-0.3, -0.25) is 0 Å². The highest BCUT2D eigenvalue weighted by Gasteiger charge is 2.57. The maximum atomic E-state index is 5.92. The minimum absolute atomic E-state index is 0.277. The predicted octanol–water partition coefficient (Wildman–Crippen LogP) is 1.75. The molecule has 4 nitrogen and oxygen atoms in total. The standard InChI is InChI=1S/C14H23N3O/c1-14(2)12(11-4-3-7-18-13(11)14)16-6-5-10-8-15-9-17-10/h8-9,11-13,16H,3-7H2,1-2H3,(H,15,17). The molecule has 100 valence electrons. The quantitative estimate of drug-likeness (QED) is 0.854. The number of imidazole rings is 1. The fourth-order valence-electron chi connectivity index (χ4n) is 3.72. The van der Waals surface area contributed by atoms with Gasteiger partial charge in [0.05, 0.1) is 12.4 Å². The van der Waals surface area contributed by atoms with Gasteiger partial charge in [-0.05, 0) is 12.8 Å². The molecular formula is C14H23N3O. The lowest BCUT2D eigenvalue weighted by Gasteiger charge is -2.60. The van der Waals surface area contributed by atoms with Crippen LogP contribution < -0.4 is 5.32 Å². The lowest BCUT2D eigenvalue weighted by molar-refractivity contribution is -0.192. The van der Waals surface area contributed by atoms with Crippen LogP contribution in [0.5, 0.6) is 0 Å². The average molecular weight is 249 g/mol. The van der Waals surface area contributed by atoms with Crippen molar-refractivity contribution in [2.75, 3.05) is 13.2 Å². The molecule has 1 aromatic heterocycles. The van der Waals surface area contributed by atoms with Crippen LogP contribution in [0.1, 0.15) is 32.4 Å². The largest absolute Gasteiger partial charge is 0.377 e. The van der Waals surface area contributed by atoms with E-state index in [1.165, 1.54) is 18.5 Å². The zero-order valence-corrected chi connectivity index (χ0v) is 11.3. The van der Waals surface area contributed by atoms with Crippen LogP contribution in [0.15, 0.2) is 12.5 Å². The summed E-state index contributed by atoms with van der Waals surface area (Å²) in [6.07, 6.45) is 7.67. The molecule has 2 fully saturated rings. The third-order valence-electron chi connectivity index (χ3n) is 4.64. The Balaban J connectivity index is 1.53. The smallest absolute Gasteiger partial charge is 0.0921 e. The van der Waals surface area contributed by atoms with Crippen molar-refractivity contribution in [3.8, 4) is 0 Å². The maximum Gasteiger partial charge on any atom is 0.0921 e. The first-order valence-electron chi connectivity index (χ1n) is 7.02. The number of hydrogen-bond acceptors (Lipinski definition) is 3. The maximum absolute atomic E-state index is 5.92. The number of nitrogens with zero attached hydrogens (tertiary/aromatic N) is 1. The molecule has 2 aliphatic rings. The number of ether oxygens (including phenoxy) is 1. The van der Waals surface area contributed by atoms with Crippen LogP contribution >= 0.6 is 0 Å². The van der Waals surface area contributed by atoms with Crippen molar-refractivity contribution < 1.29 is 4.74 Å². The number of fused-ring (bicyclic) bond motifs is 1. The van der Waals surface area contributed by atoms with E-state index in [9.17, 15) is 0 Å². The van der Waals surface area contributed by atoms with E-state index in [0.717, 1.165) is 25.5 Å². The Morgan fingerprint density at radius 2 is 2.44 bits per heavy atom. The van der Waals surface area contributed by atoms with Crippen molar-refractivity contribution >= 4 is 0 Å². The van der Waals surface area contributed by atoms with E-state index in [0.29, 0.717) is 12.1 Å². The van der Waals surface area contributed by atoms with Crippen molar-refractivity contribution in [2.24, 2.45) is 11.3 Å². The molecular weight excluding hydrogens is 226 g/mol.